The summed E-state index contributed by atoms with van der Waals surface area (Å²) in [5.41, 5.74) is 9.87. The van der Waals surface area contributed by atoms with E-state index in [1.54, 1.807) is 0 Å². The Morgan fingerprint density at radius 3 is 1.85 bits per heavy atom. The van der Waals surface area contributed by atoms with Gasteiger partial charge in [0.1, 0.15) is 11.2 Å². The maximum absolute atomic E-state index is 6.71. The summed E-state index contributed by atoms with van der Waals surface area (Å²) in [6.07, 6.45) is 0. The van der Waals surface area contributed by atoms with Crippen LogP contribution in [0.3, 0.4) is 0 Å². The quantitative estimate of drug-likeness (QED) is 0.199. The number of benzene rings is 8. The van der Waals surface area contributed by atoms with Crippen LogP contribution in [0.2, 0.25) is 0 Å². The summed E-state index contributed by atoms with van der Waals surface area (Å²) in [5.74, 6) is 0. The zero-order valence-electron chi connectivity index (χ0n) is 25.1. The lowest BCUT2D eigenvalue weighted by atomic mass is 9.95. The lowest BCUT2D eigenvalue weighted by molar-refractivity contribution is 0.673. The van der Waals surface area contributed by atoms with Crippen molar-refractivity contribution in [2.45, 2.75) is 0 Å². The number of furan rings is 1. The van der Waals surface area contributed by atoms with E-state index < -0.39 is 0 Å². The fourth-order valence-electron chi connectivity index (χ4n) is 6.85. The molecule has 216 valence electrons. The molecular weight excluding hydrogens is 558 g/mol. The number of para-hydroxylation sites is 1. The molecule has 0 aliphatic rings. The fraction of sp³-hybridized carbons (Fsp3) is 0. The highest BCUT2D eigenvalue weighted by molar-refractivity contribution is 6.22. The number of hydrogen-bond acceptors (Lipinski definition) is 2. The molecule has 8 aromatic carbocycles. The second-order valence-electron chi connectivity index (χ2n) is 11.7. The highest BCUT2D eigenvalue weighted by atomic mass is 16.3. The lowest BCUT2D eigenvalue weighted by Crippen LogP contribution is -2.10. The summed E-state index contributed by atoms with van der Waals surface area (Å²) in [4.78, 5) is 2.38. The van der Waals surface area contributed by atoms with Crippen molar-refractivity contribution in [3.05, 3.63) is 176 Å². The van der Waals surface area contributed by atoms with E-state index in [9.17, 15) is 0 Å². The molecule has 0 fully saturated rings. The average Bonchev–Trinajstić information content (AvgIpc) is 3.52. The van der Waals surface area contributed by atoms with Crippen molar-refractivity contribution >= 4 is 60.5 Å². The van der Waals surface area contributed by atoms with Crippen LogP contribution in [0.1, 0.15) is 0 Å². The van der Waals surface area contributed by atoms with Gasteiger partial charge in [-0.2, -0.15) is 0 Å². The van der Waals surface area contributed by atoms with E-state index in [0.717, 1.165) is 60.9 Å². The van der Waals surface area contributed by atoms with Crippen LogP contribution in [-0.4, -0.2) is 0 Å². The van der Waals surface area contributed by atoms with Crippen molar-refractivity contribution in [3.63, 3.8) is 0 Å². The highest BCUT2D eigenvalue weighted by Gasteiger charge is 2.21. The Kier molecular flexibility index (Phi) is 6.17. The van der Waals surface area contributed by atoms with Crippen molar-refractivity contribution < 1.29 is 4.42 Å². The van der Waals surface area contributed by atoms with Gasteiger partial charge in [0.25, 0.3) is 0 Å². The van der Waals surface area contributed by atoms with Crippen molar-refractivity contribution in [1.82, 2.24) is 0 Å². The molecule has 46 heavy (non-hydrogen) atoms. The van der Waals surface area contributed by atoms with Gasteiger partial charge in [-0.3, -0.25) is 0 Å². The molecule has 0 bridgehead atoms. The third-order valence-corrected chi connectivity index (χ3v) is 9.03. The first-order valence-corrected chi connectivity index (χ1v) is 15.7. The highest BCUT2D eigenvalue weighted by Crippen LogP contribution is 2.46. The Balaban J connectivity index is 1.31. The molecule has 2 nitrogen and oxygen atoms in total. The third kappa shape index (κ3) is 4.35. The molecule has 9 aromatic rings. The molecule has 1 heterocycles. The SMILES string of the molecule is c1ccc(-c2ccc(-c3cccc4oc5c6ccccc6c(N(c6ccccc6)c6ccc7ccccc7c6)cc5c34)cc2)cc1. The predicted octanol–water partition coefficient (Wildman–Crippen LogP) is 12.7. The van der Waals surface area contributed by atoms with E-state index in [4.69, 9.17) is 4.42 Å². The molecule has 0 saturated carbocycles. The van der Waals surface area contributed by atoms with E-state index in [1.807, 2.05) is 0 Å². The van der Waals surface area contributed by atoms with Gasteiger partial charge in [-0.05, 0) is 69.4 Å². The largest absolute Gasteiger partial charge is 0.455 e. The number of rotatable bonds is 5. The van der Waals surface area contributed by atoms with E-state index in [-0.39, 0.29) is 0 Å². The molecule has 0 amide bonds. The summed E-state index contributed by atoms with van der Waals surface area (Å²) in [6.45, 7) is 0. The normalized spacial score (nSPS) is 11.5. The smallest absolute Gasteiger partial charge is 0.143 e. The Morgan fingerprint density at radius 2 is 1.04 bits per heavy atom. The topological polar surface area (TPSA) is 16.4 Å². The van der Waals surface area contributed by atoms with E-state index in [0.29, 0.717) is 0 Å². The molecule has 0 aliphatic carbocycles. The summed E-state index contributed by atoms with van der Waals surface area (Å²) >= 11 is 0. The van der Waals surface area contributed by atoms with Crippen LogP contribution < -0.4 is 4.90 Å². The summed E-state index contributed by atoms with van der Waals surface area (Å²) in [6, 6.07) is 62.6. The molecule has 0 aliphatic heterocycles. The third-order valence-electron chi connectivity index (χ3n) is 9.03. The van der Waals surface area contributed by atoms with Gasteiger partial charge < -0.3 is 9.32 Å². The standard InChI is InChI=1S/C44H29NO/c1-3-12-30(13-4-1)32-22-24-33(25-23-32)37-20-11-21-42-43(37)40-29-41(38-18-9-10-19-39(38)44(40)46-42)45(35-16-5-2-6-17-35)36-27-26-31-14-7-8-15-34(31)28-36/h1-29H. The van der Waals surface area contributed by atoms with Crippen molar-refractivity contribution in [1.29, 1.82) is 0 Å². The Morgan fingerprint density at radius 1 is 0.391 bits per heavy atom. The lowest BCUT2D eigenvalue weighted by Gasteiger charge is -2.27. The van der Waals surface area contributed by atoms with Gasteiger partial charge in [0, 0.05) is 32.9 Å². The molecular formula is C44H29NO. The zero-order valence-corrected chi connectivity index (χ0v) is 25.1. The van der Waals surface area contributed by atoms with Crippen molar-refractivity contribution in [3.8, 4) is 22.3 Å². The van der Waals surface area contributed by atoms with Gasteiger partial charge in [0.05, 0.1) is 5.69 Å². The number of anilines is 3. The second kappa shape index (κ2) is 10.8. The molecule has 0 spiro atoms. The Hall–Kier alpha value is -6.12. The number of hydrogen-bond donors (Lipinski definition) is 0. The number of fused-ring (bicyclic) bond motifs is 6. The zero-order chi connectivity index (χ0) is 30.5. The van der Waals surface area contributed by atoms with Crippen molar-refractivity contribution in [2.75, 3.05) is 4.90 Å². The first-order chi connectivity index (χ1) is 22.8. The first kappa shape index (κ1) is 26.3. The molecule has 0 saturated heterocycles. The summed E-state index contributed by atoms with van der Waals surface area (Å²) < 4.78 is 6.71. The van der Waals surface area contributed by atoms with Gasteiger partial charge in [-0.15, -0.1) is 0 Å². The Labute approximate surface area is 267 Å². The van der Waals surface area contributed by atoms with Crippen LogP contribution in [0, 0.1) is 0 Å². The monoisotopic (exact) mass is 587 g/mol. The van der Waals surface area contributed by atoms with Gasteiger partial charge in [-0.1, -0.05) is 140 Å². The van der Waals surface area contributed by atoms with Crippen LogP contribution in [-0.2, 0) is 0 Å². The number of nitrogens with zero attached hydrogens (tertiary/aromatic N) is 1. The molecule has 0 atom stereocenters. The van der Waals surface area contributed by atoms with Crippen LogP contribution in [0.5, 0.6) is 0 Å². The van der Waals surface area contributed by atoms with Gasteiger partial charge in [-0.25, -0.2) is 0 Å². The minimum Gasteiger partial charge on any atom is -0.455 e. The summed E-state index contributed by atoms with van der Waals surface area (Å²) in [7, 11) is 0. The second-order valence-corrected chi connectivity index (χ2v) is 11.7. The van der Waals surface area contributed by atoms with Crippen LogP contribution in [0.15, 0.2) is 180 Å². The maximum atomic E-state index is 6.71. The molecule has 9 rings (SSSR count). The van der Waals surface area contributed by atoms with Crippen LogP contribution in [0.25, 0.3) is 65.7 Å². The summed E-state index contributed by atoms with van der Waals surface area (Å²) in [5, 5.41) is 6.90. The Bertz CT molecular complexity index is 2510. The average molecular weight is 588 g/mol. The van der Waals surface area contributed by atoms with E-state index >= 15 is 0 Å². The molecule has 2 heteroatoms. The van der Waals surface area contributed by atoms with Crippen LogP contribution >= 0.6 is 0 Å². The minimum atomic E-state index is 0.888. The molecule has 0 radical (unpaired) electrons. The van der Waals surface area contributed by atoms with Gasteiger partial charge >= 0.3 is 0 Å². The minimum absolute atomic E-state index is 0.888. The molecule has 1 aromatic heterocycles. The van der Waals surface area contributed by atoms with E-state index in [1.165, 1.54) is 21.9 Å². The predicted molar refractivity (Wildman–Crippen MR) is 194 cm³/mol. The van der Waals surface area contributed by atoms with Crippen LogP contribution in [0.4, 0.5) is 17.1 Å². The van der Waals surface area contributed by atoms with E-state index in [2.05, 4.69) is 181 Å². The maximum Gasteiger partial charge on any atom is 0.143 e. The molecule has 0 unspecified atom stereocenters. The van der Waals surface area contributed by atoms with Gasteiger partial charge in [0.2, 0.25) is 0 Å². The fourth-order valence-corrected chi connectivity index (χ4v) is 6.85. The molecule has 0 N–H and O–H groups in total. The first-order valence-electron chi connectivity index (χ1n) is 15.7. The van der Waals surface area contributed by atoms with Crippen molar-refractivity contribution in [2.24, 2.45) is 0 Å². The van der Waals surface area contributed by atoms with Gasteiger partial charge in [0.15, 0.2) is 0 Å².